The molecule has 26 heavy (non-hydrogen) atoms. The van der Waals surface area contributed by atoms with Crippen molar-refractivity contribution in [3.05, 3.63) is 71.3 Å². The number of fused-ring (bicyclic) bond motifs is 1. The van der Waals surface area contributed by atoms with Crippen LogP contribution < -0.4 is 20.3 Å². The van der Waals surface area contributed by atoms with Crippen molar-refractivity contribution in [3.8, 4) is 22.8 Å². The summed E-state index contributed by atoms with van der Waals surface area (Å²) in [5.41, 5.74) is 1.70. The first-order chi connectivity index (χ1) is 12.7. The third-order valence-electron chi connectivity index (χ3n) is 3.92. The van der Waals surface area contributed by atoms with E-state index in [2.05, 4.69) is 10.3 Å². The van der Waals surface area contributed by atoms with Gasteiger partial charge in [-0.05, 0) is 12.1 Å². The van der Waals surface area contributed by atoms with Crippen molar-refractivity contribution in [2.75, 3.05) is 12.1 Å². The van der Waals surface area contributed by atoms with Gasteiger partial charge in [0.15, 0.2) is 11.5 Å². The summed E-state index contributed by atoms with van der Waals surface area (Å²) in [6.07, 6.45) is 1.38. The van der Waals surface area contributed by atoms with Gasteiger partial charge in [0.25, 0.3) is 5.56 Å². The van der Waals surface area contributed by atoms with Gasteiger partial charge in [-0.15, -0.1) is 0 Å². The first-order valence-electron chi connectivity index (χ1n) is 8.00. The van der Waals surface area contributed by atoms with Crippen molar-refractivity contribution in [1.82, 2.24) is 9.55 Å². The van der Waals surface area contributed by atoms with E-state index in [0.717, 1.165) is 5.56 Å². The fourth-order valence-corrected chi connectivity index (χ4v) is 2.64. The number of nitrogens with one attached hydrogen (secondary N) is 1. The molecule has 2 aromatic carbocycles. The van der Waals surface area contributed by atoms with Gasteiger partial charge in [0, 0.05) is 23.4 Å². The van der Waals surface area contributed by atoms with Crippen LogP contribution in [0.5, 0.6) is 11.5 Å². The number of rotatable bonds is 4. The Kier molecular flexibility index (Phi) is 4.10. The van der Waals surface area contributed by atoms with E-state index in [4.69, 9.17) is 9.47 Å². The molecule has 2 heterocycles. The molecule has 1 amide bonds. The summed E-state index contributed by atoms with van der Waals surface area (Å²) >= 11 is 0. The molecule has 7 heteroatoms. The maximum Gasteiger partial charge on any atom is 0.254 e. The molecule has 0 bridgehead atoms. The number of hydrogen-bond donors (Lipinski definition) is 1. The molecule has 7 nitrogen and oxygen atoms in total. The third kappa shape index (κ3) is 3.27. The minimum Gasteiger partial charge on any atom is -0.454 e. The Morgan fingerprint density at radius 3 is 2.69 bits per heavy atom. The van der Waals surface area contributed by atoms with E-state index in [1.165, 1.54) is 17.0 Å². The van der Waals surface area contributed by atoms with Gasteiger partial charge in [0.05, 0.1) is 12.0 Å². The smallest absolute Gasteiger partial charge is 0.254 e. The number of anilines is 1. The molecule has 0 radical (unpaired) electrons. The molecule has 3 aromatic rings. The highest BCUT2D eigenvalue weighted by Gasteiger charge is 2.14. The van der Waals surface area contributed by atoms with Crippen LogP contribution in [0, 0.1) is 0 Å². The highest BCUT2D eigenvalue weighted by molar-refractivity contribution is 5.91. The van der Waals surface area contributed by atoms with E-state index in [-0.39, 0.29) is 24.8 Å². The van der Waals surface area contributed by atoms with Crippen molar-refractivity contribution in [2.45, 2.75) is 6.54 Å². The lowest BCUT2D eigenvalue weighted by atomic mass is 10.1. The zero-order chi connectivity index (χ0) is 17.9. The van der Waals surface area contributed by atoms with Crippen molar-refractivity contribution in [3.63, 3.8) is 0 Å². The fraction of sp³-hybridized carbons (Fsp3) is 0.105. The molecule has 0 spiro atoms. The Morgan fingerprint density at radius 2 is 1.88 bits per heavy atom. The molecule has 0 fully saturated rings. The van der Waals surface area contributed by atoms with Crippen LogP contribution in [0.25, 0.3) is 11.3 Å². The molecule has 4 rings (SSSR count). The average molecular weight is 349 g/mol. The SMILES string of the molecule is O=C(Cn1cnc(-c2ccccc2)cc1=O)Nc1ccc2c(c1)OCO2. The first kappa shape index (κ1) is 15.9. The quantitative estimate of drug-likeness (QED) is 0.781. The molecular weight excluding hydrogens is 334 g/mol. The summed E-state index contributed by atoms with van der Waals surface area (Å²) in [5.74, 6) is 0.883. The highest BCUT2D eigenvalue weighted by atomic mass is 16.7. The number of amides is 1. The standard InChI is InChI=1S/C19H15N3O4/c23-18(21-14-6-7-16-17(8-14)26-12-25-16)10-22-11-20-15(9-19(22)24)13-4-2-1-3-5-13/h1-9,11H,10,12H2,(H,21,23). The molecule has 1 aliphatic rings. The number of ether oxygens (including phenoxy) is 2. The van der Waals surface area contributed by atoms with E-state index >= 15 is 0 Å². The van der Waals surface area contributed by atoms with Crippen LogP contribution in [0.4, 0.5) is 5.69 Å². The minimum atomic E-state index is -0.333. The van der Waals surface area contributed by atoms with Crippen LogP contribution in [0.15, 0.2) is 65.7 Å². The van der Waals surface area contributed by atoms with Crippen LogP contribution in [0.3, 0.4) is 0 Å². The lowest BCUT2D eigenvalue weighted by Gasteiger charge is -2.08. The van der Waals surface area contributed by atoms with Crippen LogP contribution >= 0.6 is 0 Å². The number of hydrogen-bond acceptors (Lipinski definition) is 5. The molecule has 1 aromatic heterocycles. The fourth-order valence-electron chi connectivity index (χ4n) is 2.64. The lowest BCUT2D eigenvalue weighted by molar-refractivity contribution is -0.116. The van der Waals surface area contributed by atoms with Gasteiger partial charge < -0.3 is 14.8 Å². The van der Waals surface area contributed by atoms with E-state index in [0.29, 0.717) is 22.9 Å². The molecule has 1 aliphatic heterocycles. The van der Waals surface area contributed by atoms with Crippen LogP contribution in [-0.2, 0) is 11.3 Å². The monoisotopic (exact) mass is 349 g/mol. The number of aromatic nitrogens is 2. The Hall–Kier alpha value is -3.61. The molecule has 0 atom stereocenters. The summed E-state index contributed by atoms with van der Waals surface area (Å²) in [4.78, 5) is 28.7. The molecule has 0 aliphatic carbocycles. The zero-order valence-corrected chi connectivity index (χ0v) is 13.7. The molecule has 0 saturated heterocycles. The van der Waals surface area contributed by atoms with Crippen LogP contribution in [-0.4, -0.2) is 22.3 Å². The summed E-state index contributed by atoms with van der Waals surface area (Å²) < 4.78 is 11.8. The maximum atomic E-state index is 12.3. The van der Waals surface area contributed by atoms with Crippen molar-refractivity contribution in [2.24, 2.45) is 0 Å². The Bertz CT molecular complexity index is 1010. The highest BCUT2D eigenvalue weighted by Crippen LogP contribution is 2.34. The molecule has 130 valence electrons. The maximum absolute atomic E-state index is 12.3. The van der Waals surface area contributed by atoms with Gasteiger partial charge in [-0.1, -0.05) is 30.3 Å². The van der Waals surface area contributed by atoms with Crippen molar-refractivity contribution >= 4 is 11.6 Å². The van der Waals surface area contributed by atoms with Gasteiger partial charge in [-0.2, -0.15) is 0 Å². The van der Waals surface area contributed by atoms with Crippen LogP contribution in [0.2, 0.25) is 0 Å². The second-order valence-electron chi connectivity index (χ2n) is 5.72. The third-order valence-corrected chi connectivity index (χ3v) is 3.92. The minimum absolute atomic E-state index is 0.130. The van der Waals surface area contributed by atoms with Gasteiger partial charge in [-0.3, -0.25) is 14.2 Å². The zero-order valence-electron chi connectivity index (χ0n) is 13.7. The predicted molar refractivity (Wildman–Crippen MR) is 95.1 cm³/mol. The van der Waals surface area contributed by atoms with Gasteiger partial charge >= 0.3 is 0 Å². The summed E-state index contributed by atoms with van der Waals surface area (Å²) in [7, 11) is 0. The van der Waals surface area contributed by atoms with E-state index in [9.17, 15) is 9.59 Å². The second kappa shape index (κ2) is 6.72. The first-order valence-corrected chi connectivity index (χ1v) is 8.00. The van der Waals surface area contributed by atoms with Gasteiger partial charge in [-0.25, -0.2) is 4.98 Å². The number of carbonyl (C=O) groups excluding carboxylic acids is 1. The van der Waals surface area contributed by atoms with Gasteiger partial charge in [0.2, 0.25) is 12.7 Å². The second-order valence-corrected chi connectivity index (χ2v) is 5.72. The largest absolute Gasteiger partial charge is 0.454 e. The predicted octanol–water partition coefficient (Wildman–Crippen LogP) is 2.28. The number of benzene rings is 2. The van der Waals surface area contributed by atoms with E-state index < -0.39 is 0 Å². The lowest BCUT2D eigenvalue weighted by Crippen LogP contribution is -2.27. The summed E-state index contributed by atoms with van der Waals surface area (Å²) in [5, 5.41) is 2.73. The number of nitrogens with zero attached hydrogens (tertiary/aromatic N) is 2. The Labute approximate surface area is 148 Å². The average Bonchev–Trinajstić information content (AvgIpc) is 3.12. The van der Waals surface area contributed by atoms with E-state index in [1.54, 1.807) is 18.2 Å². The van der Waals surface area contributed by atoms with Crippen molar-refractivity contribution in [1.29, 1.82) is 0 Å². The molecule has 0 unspecified atom stereocenters. The molecular formula is C19H15N3O4. The summed E-state index contributed by atoms with van der Waals surface area (Å²) in [6.45, 7) is 0.0386. The van der Waals surface area contributed by atoms with E-state index in [1.807, 2.05) is 30.3 Å². The van der Waals surface area contributed by atoms with Crippen LogP contribution in [0.1, 0.15) is 0 Å². The topological polar surface area (TPSA) is 82.5 Å². The number of carbonyl (C=O) groups is 1. The normalized spacial score (nSPS) is 12.0. The Morgan fingerprint density at radius 1 is 1.08 bits per heavy atom. The molecule has 0 saturated carbocycles. The van der Waals surface area contributed by atoms with Crippen molar-refractivity contribution < 1.29 is 14.3 Å². The molecule has 1 N–H and O–H groups in total. The Balaban J connectivity index is 1.47. The summed E-state index contributed by atoms with van der Waals surface area (Å²) in [6, 6.07) is 15.9. The van der Waals surface area contributed by atoms with Gasteiger partial charge in [0.1, 0.15) is 6.54 Å².